The fourth-order valence-corrected chi connectivity index (χ4v) is 3.78. The fraction of sp³-hybridized carbons (Fsp3) is 0.556. The molecule has 5 atom stereocenters. The van der Waals surface area contributed by atoms with Crippen molar-refractivity contribution in [2.24, 2.45) is 0 Å². The molecular weight excluding hydrogens is 414 g/mol. The minimum absolute atomic E-state index is 0.0154. The molecule has 2 saturated heterocycles. The summed E-state index contributed by atoms with van der Waals surface area (Å²) >= 11 is 0. The third kappa shape index (κ3) is 3.88. The molecule has 13 nitrogen and oxygen atoms in total. The molecule has 2 fully saturated rings. The first-order valence-corrected chi connectivity index (χ1v) is 9.67. The lowest BCUT2D eigenvalue weighted by Gasteiger charge is -2.24. The van der Waals surface area contributed by atoms with Gasteiger partial charge in [0.1, 0.15) is 6.10 Å². The lowest BCUT2D eigenvalue weighted by Crippen LogP contribution is -2.36. The molecule has 1 amide bonds. The Morgan fingerprint density at radius 3 is 2.77 bits per heavy atom. The van der Waals surface area contributed by atoms with E-state index in [1.54, 1.807) is 6.92 Å². The van der Waals surface area contributed by atoms with Gasteiger partial charge in [-0.1, -0.05) is 0 Å². The van der Waals surface area contributed by atoms with Crippen LogP contribution in [-0.4, -0.2) is 68.4 Å². The van der Waals surface area contributed by atoms with E-state index in [4.69, 9.17) is 18.9 Å². The summed E-state index contributed by atoms with van der Waals surface area (Å²) in [7, 11) is 0. The van der Waals surface area contributed by atoms with E-state index < -0.39 is 54.0 Å². The van der Waals surface area contributed by atoms with E-state index in [9.17, 15) is 19.2 Å². The van der Waals surface area contributed by atoms with E-state index in [1.165, 1.54) is 24.7 Å². The van der Waals surface area contributed by atoms with Crippen molar-refractivity contribution in [3.05, 3.63) is 16.7 Å². The van der Waals surface area contributed by atoms with Crippen molar-refractivity contribution in [3.63, 3.8) is 0 Å². The van der Waals surface area contributed by atoms with Crippen LogP contribution in [0.25, 0.3) is 11.2 Å². The highest BCUT2D eigenvalue weighted by Gasteiger charge is 2.55. The van der Waals surface area contributed by atoms with Gasteiger partial charge in [-0.25, -0.2) is 9.78 Å². The molecule has 0 unspecified atom stereocenters. The van der Waals surface area contributed by atoms with Gasteiger partial charge < -0.3 is 18.9 Å². The van der Waals surface area contributed by atoms with E-state index >= 15 is 0 Å². The number of carbonyl (C=O) groups excluding carboxylic acids is 3. The molecule has 0 aromatic carbocycles. The Labute approximate surface area is 175 Å². The number of nitrogens with zero attached hydrogens (tertiary/aromatic N) is 3. The van der Waals surface area contributed by atoms with Crippen LogP contribution in [0.2, 0.25) is 0 Å². The summed E-state index contributed by atoms with van der Waals surface area (Å²) in [5, 5.41) is 2.41. The Bertz CT molecular complexity index is 1090. The summed E-state index contributed by atoms with van der Waals surface area (Å²) in [5.41, 5.74) is -0.424. The van der Waals surface area contributed by atoms with Gasteiger partial charge in [0.2, 0.25) is 11.9 Å². The van der Waals surface area contributed by atoms with Crippen molar-refractivity contribution < 1.29 is 33.3 Å². The highest BCUT2D eigenvalue weighted by molar-refractivity contribution is 5.87. The zero-order valence-corrected chi connectivity index (χ0v) is 17.0. The van der Waals surface area contributed by atoms with Crippen LogP contribution in [-0.2, 0) is 33.3 Å². The second-order valence-corrected chi connectivity index (χ2v) is 7.14. The summed E-state index contributed by atoms with van der Waals surface area (Å²) in [6, 6.07) is 0. The van der Waals surface area contributed by atoms with Gasteiger partial charge in [-0.05, 0) is 6.92 Å². The lowest BCUT2D eigenvalue weighted by atomic mass is 10.1. The molecule has 4 rings (SSSR count). The number of H-pyrrole nitrogens is 1. The molecule has 31 heavy (non-hydrogen) atoms. The summed E-state index contributed by atoms with van der Waals surface area (Å²) in [6.07, 6.45) is -2.40. The van der Waals surface area contributed by atoms with Crippen molar-refractivity contribution in [3.8, 4) is 0 Å². The first-order chi connectivity index (χ1) is 14.8. The summed E-state index contributed by atoms with van der Waals surface area (Å²) < 4.78 is 23.7. The minimum Gasteiger partial charge on any atom is -0.464 e. The van der Waals surface area contributed by atoms with Crippen LogP contribution in [0.5, 0.6) is 0 Å². The average molecular weight is 435 g/mol. The van der Waals surface area contributed by atoms with Gasteiger partial charge in [-0.3, -0.25) is 29.3 Å². The maximum Gasteiger partial charge on any atom is 0.335 e. The molecule has 13 heteroatoms. The van der Waals surface area contributed by atoms with Gasteiger partial charge >= 0.3 is 11.9 Å². The van der Waals surface area contributed by atoms with E-state index in [1.807, 2.05) is 0 Å². The van der Waals surface area contributed by atoms with Gasteiger partial charge in [-0.2, -0.15) is 4.98 Å². The van der Waals surface area contributed by atoms with Crippen LogP contribution in [0.15, 0.2) is 11.1 Å². The number of hydrogen-bond acceptors (Lipinski definition) is 10. The molecule has 2 N–H and O–H groups in total. The van der Waals surface area contributed by atoms with E-state index in [0.29, 0.717) is 0 Å². The molecule has 0 radical (unpaired) electrons. The second-order valence-electron chi connectivity index (χ2n) is 7.14. The normalized spacial score (nSPS) is 27.1. The zero-order valence-electron chi connectivity index (χ0n) is 17.0. The SMILES string of the molecule is CCOC(=O)[C@H]1C[C@H]2O[C@@H](n3cnc4c(=O)[nH]c(NC(C)=O)nc43)[C@H](OC(C)=O)[C@H]2O1. The van der Waals surface area contributed by atoms with Crippen LogP contribution < -0.4 is 10.9 Å². The number of imidazole rings is 1. The number of aromatic amines is 1. The lowest BCUT2D eigenvalue weighted by molar-refractivity contribution is -0.167. The van der Waals surface area contributed by atoms with E-state index in [-0.39, 0.29) is 30.1 Å². The van der Waals surface area contributed by atoms with E-state index in [2.05, 4.69) is 20.3 Å². The predicted octanol–water partition coefficient (Wildman–Crippen LogP) is -0.372. The molecule has 2 aromatic rings. The van der Waals surface area contributed by atoms with Gasteiger partial charge in [-0.15, -0.1) is 0 Å². The van der Waals surface area contributed by atoms with Crippen LogP contribution in [0, 0.1) is 0 Å². The second kappa shape index (κ2) is 8.07. The van der Waals surface area contributed by atoms with Crippen molar-refractivity contribution in [1.29, 1.82) is 0 Å². The summed E-state index contributed by atoms with van der Waals surface area (Å²) in [5.74, 6) is -1.57. The maximum absolute atomic E-state index is 12.3. The monoisotopic (exact) mass is 435 g/mol. The number of nitrogens with one attached hydrogen (secondary N) is 2. The topological polar surface area (TPSA) is 164 Å². The average Bonchev–Trinajstić information content (AvgIpc) is 3.35. The van der Waals surface area contributed by atoms with Gasteiger partial charge in [0.25, 0.3) is 5.56 Å². The van der Waals surface area contributed by atoms with Crippen LogP contribution in [0.3, 0.4) is 0 Å². The molecule has 2 aromatic heterocycles. The fourth-order valence-electron chi connectivity index (χ4n) is 3.78. The van der Waals surface area contributed by atoms with Gasteiger partial charge in [0.05, 0.1) is 19.0 Å². The Morgan fingerprint density at radius 1 is 1.32 bits per heavy atom. The molecule has 166 valence electrons. The van der Waals surface area contributed by atoms with Crippen molar-refractivity contribution in [2.45, 2.75) is 57.8 Å². The predicted molar refractivity (Wildman–Crippen MR) is 102 cm³/mol. The van der Waals surface area contributed by atoms with Crippen LogP contribution >= 0.6 is 0 Å². The standard InChI is InChI=1S/C18H21N5O8/c1-4-28-17(27)10-5-9-12(30-10)13(29-8(3)25)16(31-9)23-6-19-11-14(23)21-18(20-7(2)24)22-15(11)26/h6,9-10,12-13,16H,4-5H2,1-3H3,(H2,20,21,22,24,26)/t9-,10-,12+,13-,16-/m1/s1. The molecule has 0 spiro atoms. The first kappa shape index (κ1) is 20.9. The van der Waals surface area contributed by atoms with E-state index in [0.717, 1.165) is 0 Å². The third-order valence-corrected chi connectivity index (χ3v) is 4.91. The molecule has 2 aliphatic heterocycles. The number of amides is 1. The van der Waals surface area contributed by atoms with Gasteiger partial charge in [0, 0.05) is 20.3 Å². The van der Waals surface area contributed by atoms with Gasteiger partial charge in [0.15, 0.2) is 29.6 Å². The van der Waals surface area contributed by atoms with Crippen molar-refractivity contribution >= 4 is 35.0 Å². The number of rotatable bonds is 5. The Kier molecular flexibility index (Phi) is 5.45. The smallest absolute Gasteiger partial charge is 0.335 e. The molecule has 4 heterocycles. The quantitative estimate of drug-likeness (QED) is 0.592. The van der Waals surface area contributed by atoms with Crippen LogP contribution in [0.4, 0.5) is 5.95 Å². The number of esters is 2. The number of anilines is 1. The Hall–Kier alpha value is -3.32. The van der Waals surface area contributed by atoms with Crippen molar-refractivity contribution in [1.82, 2.24) is 19.5 Å². The molecule has 0 aliphatic carbocycles. The summed E-state index contributed by atoms with van der Waals surface area (Å²) in [6.45, 7) is 4.42. The number of ether oxygens (including phenoxy) is 4. The largest absolute Gasteiger partial charge is 0.464 e. The molecular formula is C18H21N5O8. The number of hydrogen-bond donors (Lipinski definition) is 2. The number of aromatic nitrogens is 4. The Balaban J connectivity index is 1.68. The third-order valence-electron chi connectivity index (χ3n) is 4.91. The molecule has 0 saturated carbocycles. The summed E-state index contributed by atoms with van der Waals surface area (Å²) in [4.78, 5) is 58.2. The minimum atomic E-state index is -0.926. The first-order valence-electron chi connectivity index (χ1n) is 9.67. The van der Waals surface area contributed by atoms with Crippen molar-refractivity contribution in [2.75, 3.05) is 11.9 Å². The Morgan fingerprint density at radius 2 is 2.10 bits per heavy atom. The molecule has 0 bridgehead atoms. The number of fused-ring (bicyclic) bond motifs is 2. The highest BCUT2D eigenvalue weighted by atomic mass is 16.7. The molecule has 2 aliphatic rings. The number of carbonyl (C=O) groups is 3. The highest BCUT2D eigenvalue weighted by Crippen LogP contribution is 2.41. The van der Waals surface area contributed by atoms with Crippen LogP contribution in [0.1, 0.15) is 33.4 Å². The maximum atomic E-state index is 12.3. The zero-order chi connectivity index (χ0) is 22.3.